The number of H-pyrrole nitrogens is 2. The number of aromatic nitrogens is 4. The fraction of sp³-hybridized carbons (Fsp3) is 0.652. The van der Waals surface area contributed by atoms with E-state index in [1.165, 1.54) is 0 Å². The zero-order chi connectivity index (χ0) is 23.3. The quantitative estimate of drug-likeness (QED) is 0.605. The van der Waals surface area contributed by atoms with E-state index >= 15 is 0 Å². The van der Waals surface area contributed by atoms with Gasteiger partial charge < -0.3 is 9.80 Å². The van der Waals surface area contributed by atoms with E-state index in [4.69, 9.17) is 0 Å². The highest BCUT2D eigenvalue weighted by Gasteiger charge is 2.22. The van der Waals surface area contributed by atoms with Crippen LogP contribution in [0.3, 0.4) is 0 Å². The van der Waals surface area contributed by atoms with Crippen molar-refractivity contribution in [3.8, 4) is 0 Å². The van der Waals surface area contributed by atoms with Crippen molar-refractivity contribution < 1.29 is 9.59 Å². The summed E-state index contributed by atoms with van der Waals surface area (Å²) in [4.78, 5) is 29.1. The van der Waals surface area contributed by atoms with Crippen molar-refractivity contribution in [3.63, 3.8) is 0 Å². The first-order chi connectivity index (χ1) is 14.5. The van der Waals surface area contributed by atoms with Gasteiger partial charge in [-0.05, 0) is 58.1 Å². The van der Waals surface area contributed by atoms with Crippen molar-refractivity contribution in [1.29, 1.82) is 0 Å². The Balaban J connectivity index is 1.79. The first-order valence-corrected chi connectivity index (χ1v) is 11.0. The second-order valence-electron chi connectivity index (χ2n) is 8.91. The van der Waals surface area contributed by atoms with Crippen LogP contribution in [0.15, 0.2) is 0 Å². The Labute approximate surface area is 185 Å². The SMILES string of the molecule is Cc1n[nH]c(C)c1CC(C)C(=O)N(C)CCCN(C)C(=O)C(C)Cc1c(C)n[nH]c1C. The van der Waals surface area contributed by atoms with E-state index in [0.29, 0.717) is 25.9 Å². The molecule has 0 bridgehead atoms. The topological polar surface area (TPSA) is 98.0 Å². The highest BCUT2D eigenvalue weighted by atomic mass is 16.2. The Hall–Kier alpha value is -2.64. The standard InChI is InChI=1S/C23H38N6O2/c1-14(12-20-16(3)24-25-17(20)4)22(30)28(7)10-9-11-29(8)23(31)15(2)13-21-18(5)26-27-19(21)6/h14-15H,9-13H2,1-8H3,(H,24,25)(H,26,27). The van der Waals surface area contributed by atoms with Crippen LogP contribution in [0.5, 0.6) is 0 Å². The van der Waals surface area contributed by atoms with E-state index in [1.54, 1.807) is 9.80 Å². The van der Waals surface area contributed by atoms with Crippen LogP contribution in [0, 0.1) is 39.5 Å². The van der Waals surface area contributed by atoms with Crippen molar-refractivity contribution in [2.45, 2.75) is 60.8 Å². The summed E-state index contributed by atoms with van der Waals surface area (Å²) in [5.74, 6) is 0.0168. The molecule has 0 aliphatic rings. The number of nitrogens with zero attached hydrogens (tertiary/aromatic N) is 4. The average molecular weight is 431 g/mol. The van der Waals surface area contributed by atoms with Crippen molar-refractivity contribution in [2.75, 3.05) is 27.2 Å². The largest absolute Gasteiger partial charge is 0.345 e. The molecule has 0 saturated carbocycles. The molecule has 0 aliphatic heterocycles. The number of carbonyl (C=O) groups excluding carboxylic acids is 2. The fourth-order valence-corrected chi connectivity index (χ4v) is 4.05. The fourth-order valence-electron chi connectivity index (χ4n) is 4.05. The number of aromatic amines is 2. The molecule has 2 amide bonds. The number of aryl methyl sites for hydroxylation is 4. The van der Waals surface area contributed by atoms with Crippen LogP contribution in [0.2, 0.25) is 0 Å². The number of hydrogen-bond donors (Lipinski definition) is 2. The van der Waals surface area contributed by atoms with Gasteiger partial charge in [0.05, 0.1) is 11.4 Å². The van der Waals surface area contributed by atoms with Gasteiger partial charge in [0.15, 0.2) is 0 Å². The maximum absolute atomic E-state index is 12.8. The normalized spacial score (nSPS) is 13.2. The monoisotopic (exact) mass is 430 g/mol. The Bertz CT molecular complexity index is 789. The first kappa shape index (κ1) is 24.6. The number of hydrogen-bond acceptors (Lipinski definition) is 4. The number of nitrogens with one attached hydrogen (secondary N) is 2. The Morgan fingerprint density at radius 1 is 0.774 bits per heavy atom. The third-order valence-corrected chi connectivity index (χ3v) is 6.16. The van der Waals surface area contributed by atoms with Crippen LogP contribution in [0.25, 0.3) is 0 Å². The average Bonchev–Trinajstić information content (AvgIpc) is 3.22. The summed E-state index contributed by atoms with van der Waals surface area (Å²) in [6, 6.07) is 0. The minimum Gasteiger partial charge on any atom is -0.345 e. The van der Waals surface area contributed by atoms with E-state index < -0.39 is 0 Å². The molecular weight excluding hydrogens is 392 g/mol. The second-order valence-corrected chi connectivity index (χ2v) is 8.91. The summed E-state index contributed by atoms with van der Waals surface area (Å²) in [5.41, 5.74) is 6.20. The first-order valence-electron chi connectivity index (χ1n) is 11.0. The smallest absolute Gasteiger partial charge is 0.225 e. The van der Waals surface area contributed by atoms with E-state index in [1.807, 2.05) is 55.6 Å². The maximum atomic E-state index is 12.8. The molecule has 0 radical (unpaired) electrons. The highest BCUT2D eigenvalue weighted by Crippen LogP contribution is 2.18. The molecular formula is C23H38N6O2. The summed E-state index contributed by atoms with van der Waals surface area (Å²) in [5, 5.41) is 14.4. The zero-order valence-electron chi connectivity index (χ0n) is 20.3. The minimum absolute atomic E-state index is 0.110. The van der Waals surface area contributed by atoms with Crippen molar-refractivity contribution in [2.24, 2.45) is 11.8 Å². The molecule has 0 spiro atoms. The Morgan fingerprint density at radius 3 is 1.42 bits per heavy atom. The lowest BCUT2D eigenvalue weighted by Gasteiger charge is -2.25. The van der Waals surface area contributed by atoms with E-state index in [9.17, 15) is 9.59 Å². The van der Waals surface area contributed by atoms with Crippen LogP contribution >= 0.6 is 0 Å². The van der Waals surface area contributed by atoms with Crippen LogP contribution < -0.4 is 0 Å². The number of carbonyl (C=O) groups is 2. The molecule has 2 N–H and O–H groups in total. The molecule has 8 heteroatoms. The number of amides is 2. The molecule has 2 heterocycles. The van der Waals surface area contributed by atoms with Crippen LogP contribution in [0.1, 0.15) is 54.2 Å². The molecule has 0 aliphatic carbocycles. The summed E-state index contributed by atoms with van der Waals surface area (Å²) in [7, 11) is 3.67. The van der Waals surface area contributed by atoms with Gasteiger partial charge in [0, 0.05) is 50.4 Å². The van der Waals surface area contributed by atoms with Crippen molar-refractivity contribution in [3.05, 3.63) is 33.9 Å². The highest BCUT2D eigenvalue weighted by molar-refractivity contribution is 5.79. The van der Waals surface area contributed by atoms with Gasteiger partial charge in [-0.15, -0.1) is 0 Å². The van der Waals surface area contributed by atoms with Gasteiger partial charge in [0.2, 0.25) is 11.8 Å². The lowest BCUT2D eigenvalue weighted by molar-refractivity contribution is -0.134. The molecule has 0 fully saturated rings. The second kappa shape index (κ2) is 10.6. The minimum atomic E-state index is -0.110. The molecule has 2 aromatic rings. The van der Waals surface area contributed by atoms with Crippen molar-refractivity contribution in [1.82, 2.24) is 30.2 Å². The molecule has 0 saturated heterocycles. The Morgan fingerprint density at radius 2 is 1.13 bits per heavy atom. The molecule has 2 rings (SSSR count). The lowest BCUT2D eigenvalue weighted by Crippen LogP contribution is -2.37. The van der Waals surface area contributed by atoms with E-state index in [-0.39, 0.29) is 23.7 Å². The van der Waals surface area contributed by atoms with E-state index in [2.05, 4.69) is 20.4 Å². The third-order valence-electron chi connectivity index (χ3n) is 6.16. The van der Waals surface area contributed by atoms with Crippen molar-refractivity contribution >= 4 is 11.8 Å². The molecule has 2 unspecified atom stereocenters. The predicted molar refractivity (Wildman–Crippen MR) is 122 cm³/mol. The van der Waals surface area contributed by atoms with Gasteiger partial charge in [0.1, 0.15) is 0 Å². The molecule has 172 valence electrons. The van der Waals surface area contributed by atoms with Crippen LogP contribution in [0.4, 0.5) is 0 Å². The summed E-state index contributed by atoms with van der Waals surface area (Å²) < 4.78 is 0. The summed E-state index contributed by atoms with van der Waals surface area (Å²) in [6.45, 7) is 13.1. The summed E-state index contributed by atoms with van der Waals surface area (Å²) in [6.07, 6.45) is 2.11. The lowest BCUT2D eigenvalue weighted by atomic mass is 9.98. The maximum Gasteiger partial charge on any atom is 0.225 e. The van der Waals surface area contributed by atoms with Gasteiger partial charge in [0.25, 0.3) is 0 Å². The van der Waals surface area contributed by atoms with Crippen LogP contribution in [-0.4, -0.2) is 69.2 Å². The van der Waals surface area contributed by atoms with Gasteiger partial charge in [-0.2, -0.15) is 10.2 Å². The third kappa shape index (κ3) is 6.18. The van der Waals surface area contributed by atoms with Gasteiger partial charge >= 0.3 is 0 Å². The van der Waals surface area contributed by atoms with Gasteiger partial charge in [-0.25, -0.2) is 0 Å². The Kier molecular flexibility index (Phi) is 8.42. The van der Waals surface area contributed by atoms with Gasteiger partial charge in [-0.3, -0.25) is 19.8 Å². The molecule has 2 aromatic heterocycles. The molecule has 8 nitrogen and oxygen atoms in total. The van der Waals surface area contributed by atoms with Crippen LogP contribution in [-0.2, 0) is 22.4 Å². The molecule has 2 atom stereocenters. The number of rotatable bonds is 10. The molecule has 0 aromatic carbocycles. The molecule has 31 heavy (non-hydrogen) atoms. The van der Waals surface area contributed by atoms with Gasteiger partial charge in [-0.1, -0.05) is 13.8 Å². The summed E-state index contributed by atoms with van der Waals surface area (Å²) >= 11 is 0. The zero-order valence-corrected chi connectivity index (χ0v) is 20.3. The van der Waals surface area contributed by atoms with E-state index in [0.717, 1.165) is 40.3 Å². The predicted octanol–water partition coefficient (Wildman–Crippen LogP) is 2.73.